The molecule has 2 aromatic carbocycles. The minimum absolute atomic E-state index is 0.390. The van der Waals surface area contributed by atoms with E-state index in [9.17, 15) is 0 Å². The van der Waals surface area contributed by atoms with Crippen LogP contribution in [0.15, 0.2) is 54.6 Å². The summed E-state index contributed by atoms with van der Waals surface area (Å²) in [6.45, 7) is 4.40. The van der Waals surface area contributed by atoms with Crippen LogP contribution < -0.4 is 5.32 Å². The maximum Gasteiger partial charge on any atom is 0.0353 e. The molecule has 0 aromatic heterocycles. The molecular weight excluding hydrogens is 242 g/mol. The van der Waals surface area contributed by atoms with E-state index in [-0.39, 0.29) is 0 Å². The Morgan fingerprint density at radius 3 is 2.15 bits per heavy atom. The Morgan fingerprint density at radius 2 is 1.55 bits per heavy atom. The molecule has 2 atom stereocenters. The third-order valence-corrected chi connectivity index (χ3v) is 4.26. The van der Waals surface area contributed by atoms with Gasteiger partial charge < -0.3 is 5.32 Å². The smallest absolute Gasteiger partial charge is 0.0353 e. The van der Waals surface area contributed by atoms with Crippen LogP contribution in [-0.2, 0) is 0 Å². The molecule has 1 aliphatic carbocycles. The molecule has 1 saturated carbocycles. The van der Waals surface area contributed by atoms with Crippen molar-refractivity contribution < 1.29 is 0 Å². The van der Waals surface area contributed by atoms with Crippen molar-refractivity contribution in [3.63, 3.8) is 0 Å². The van der Waals surface area contributed by atoms with Crippen LogP contribution in [0.5, 0.6) is 0 Å². The maximum absolute atomic E-state index is 3.83. The first-order valence-corrected chi connectivity index (χ1v) is 7.61. The van der Waals surface area contributed by atoms with E-state index in [4.69, 9.17) is 0 Å². The van der Waals surface area contributed by atoms with E-state index in [2.05, 4.69) is 73.8 Å². The second-order valence-electron chi connectivity index (χ2n) is 6.02. The highest BCUT2D eigenvalue weighted by atomic mass is 15.0. The molecule has 104 valence electrons. The first-order chi connectivity index (χ1) is 9.74. The molecule has 0 radical (unpaired) electrons. The lowest BCUT2D eigenvalue weighted by Crippen LogP contribution is -2.26. The molecule has 2 aromatic rings. The van der Waals surface area contributed by atoms with Crippen LogP contribution in [-0.4, -0.2) is 0 Å². The minimum Gasteiger partial charge on any atom is -0.303 e. The molecule has 1 nitrogen and oxygen atoms in total. The number of hydrogen-bond acceptors (Lipinski definition) is 1. The van der Waals surface area contributed by atoms with Gasteiger partial charge >= 0.3 is 0 Å². The summed E-state index contributed by atoms with van der Waals surface area (Å²) in [5.41, 5.74) is 4.12. The molecule has 0 spiro atoms. The van der Waals surface area contributed by atoms with E-state index < -0.39 is 0 Å². The van der Waals surface area contributed by atoms with Crippen molar-refractivity contribution in [1.82, 2.24) is 5.32 Å². The van der Waals surface area contributed by atoms with Gasteiger partial charge in [-0.15, -0.1) is 0 Å². The zero-order valence-electron chi connectivity index (χ0n) is 12.3. The lowest BCUT2D eigenvalue weighted by atomic mass is 9.99. The zero-order valence-corrected chi connectivity index (χ0v) is 12.3. The Morgan fingerprint density at radius 1 is 0.900 bits per heavy atom. The average molecular weight is 265 g/mol. The number of hydrogen-bond donors (Lipinski definition) is 1. The molecule has 1 aliphatic rings. The van der Waals surface area contributed by atoms with Gasteiger partial charge in [0, 0.05) is 12.1 Å². The lowest BCUT2D eigenvalue weighted by Gasteiger charge is -2.24. The highest BCUT2D eigenvalue weighted by Crippen LogP contribution is 2.42. The quantitative estimate of drug-likeness (QED) is 0.819. The molecule has 20 heavy (non-hydrogen) atoms. The maximum atomic E-state index is 3.83. The summed E-state index contributed by atoms with van der Waals surface area (Å²) in [6, 6.07) is 20.6. The van der Waals surface area contributed by atoms with Gasteiger partial charge in [0.1, 0.15) is 0 Å². The Kier molecular flexibility index (Phi) is 3.88. The molecule has 0 aliphatic heterocycles. The Hall–Kier alpha value is -1.60. The molecule has 0 amide bonds. The normalized spacial score (nSPS) is 17.7. The first kappa shape index (κ1) is 13.4. The van der Waals surface area contributed by atoms with Crippen molar-refractivity contribution >= 4 is 0 Å². The number of nitrogens with one attached hydrogen (secondary N) is 1. The van der Waals surface area contributed by atoms with E-state index in [1.165, 1.54) is 29.5 Å². The molecule has 2 unspecified atom stereocenters. The molecule has 1 fully saturated rings. The van der Waals surface area contributed by atoms with Crippen molar-refractivity contribution in [2.45, 2.75) is 38.8 Å². The van der Waals surface area contributed by atoms with Crippen LogP contribution in [0, 0.1) is 12.8 Å². The monoisotopic (exact) mass is 265 g/mol. The van der Waals surface area contributed by atoms with Gasteiger partial charge in [-0.3, -0.25) is 0 Å². The predicted molar refractivity (Wildman–Crippen MR) is 84.6 cm³/mol. The van der Waals surface area contributed by atoms with E-state index in [1.54, 1.807) is 0 Å². The van der Waals surface area contributed by atoms with Gasteiger partial charge in [0.15, 0.2) is 0 Å². The van der Waals surface area contributed by atoms with Crippen LogP contribution in [0.1, 0.15) is 48.5 Å². The van der Waals surface area contributed by atoms with Gasteiger partial charge in [0.05, 0.1) is 0 Å². The number of aryl methyl sites for hydroxylation is 1. The van der Waals surface area contributed by atoms with Crippen molar-refractivity contribution in [2.24, 2.45) is 5.92 Å². The molecule has 1 N–H and O–H groups in total. The number of rotatable bonds is 5. The van der Waals surface area contributed by atoms with Gasteiger partial charge in [-0.2, -0.15) is 0 Å². The Bertz CT molecular complexity index is 540. The van der Waals surface area contributed by atoms with Gasteiger partial charge in [-0.1, -0.05) is 60.2 Å². The lowest BCUT2D eigenvalue weighted by molar-refractivity contribution is 0.427. The minimum atomic E-state index is 0.390. The van der Waals surface area contributed by atoms with E-state index >= 15 is 0 Å². The third kappa shape index (κ3) is 3.10. The molecule has 0 bridgehead atoms. The van der Waals surface area contributed by atoms with Crippen molar-refractivity contribution in [3.8, 4) is 0 Å². The zero-order chi connectivity index (χ0) is 13.9. The highest BCUT2D eigenvalue weighted by Gasteiger charge is 2.32. The largest absolute Gasteiger partial charge is 0.303 e. The average Bonchev–Trinajstić information content (AvgIpc) is 3.31. The van der Waals surface area contributed by atoms with Gasteiger partial charge in [0.2, 0.25) is 0 Å². The summed E-state index contributed by atoms with van der Waals surface area (Å²) >= 11 is 0. The summed E-state index contributed by atoms with van der Waals surface area (Å²) in [7, 11) is 0. The first-order valence-electron chi connectivity index (χ1n) is 7.61. The second kappa shape index (κ2) is 5.80. The topological polar surface area (TPSA) is 12.0 Å². The van der Waals surface area contributed by atoms with Crippen LogP contribution >= 0.6 is 0 Å². The standard InChI is InChI=1S/C19H23N/c1-14-8-10-16(11-9-14)15(2)20-19(18-12-13-18)17-6-4-3-5-7-17/h3-11,15,18-20H,12-13H2,1-2H3. The van der Waals surface area contributed by atoms with Gasteiger partial charge in [-0.25, -0.2) is 0 Å². The van der Waals surface area contributed by atoms with E-state index in [0.717, 1.165) is 5.92 Å². The summed E-state index contributed by atoms with van der Waals surface area (Å²) in [5.74, 6) is 0.810. The van der Waals surface area contributed by atoms with E-state index in [1.807, 2.05) is 0 Å². The molecule has 0 saturated heterocycles. The fraction of sp³-hybridized carbons (Fsp3) is 0.368. The predicted octanol–water partition coefficient (Wildman–Crippen LogP) is 4.80. The van der Waals surface area contributed by atoms with Crippen LogP contribution in [0.25, 0.3) is 0 Å². The molecule has 1 heteroatoms. The summed E-state index contributed by atoms with van der Waals surface area (Å²) in [4.78, 5) is 0. The molecule has 3 rings (SSSR count). The van der Waals surface area contributed by atoms with Gasteiger partial charge in [-0.05, 0) is 43.7 Å². The van der Waals surface area contributed by atoms with Crippen molar-refractivity contribution in [1.29, 1.82) is 0 Å². The van der Waals surface area contributed by atoms with Crippen LogP contribution in [0.2, 0.25) is 0 Å². The third-order valence-electron chi connectivity index (χ3n) is 4.26. The number of benzene rings is 2. The molecule has 0 heterocycles. The van der Waals surface area contributed by atoms with Crippen LogP contribution in [0.4, 0.5) is 0 Å². The Balaban J connectivity index is 1.75. The second-order valence-corrected chi connectivity index (χ2v) is 6.02. The van der Waals surface area contributed by atoms with Gasteiger partial charge in [0.25, 0.3) is 0 Å². The Labute approximate surface area is 122 Å². The summed E-state index contributed by atoms with van der Waals surface area (Å²) < 4.78 is 0. The van der Waals surface area contributed by atoms with E-state index in [0.29, 0.717) is 12.1 Å². The van der Waals surface area contributed by atoms with Crippen molar-refractivity contribution in [2.75, 3.05) is 0 Å². The van der Waals surface area contributed by atoms with Crippen molar-refractivity contribution in [3.05, 3.63) is 71.3 Å². The highest BCUT2D eigenvalue weighted by molar-refractivity contribution is 5.26. The molecular formula is C19H23N. The summed E-state index contributed by atoms with van der Waals surface area (Å²) in [5, 5.41) is 3.83. The fourth-order valence-electron chi connectivity index (χ4n) is 2.82. The fourth-order valence-corrected chi connectivity index (χ4v) is 2.82. The summed E-state index contributed by atoms with van der Waals surface area (Å²) in [6.07, 6.45) is 2.71. The van der Waals surface area contributed by atoms with Crippen LogP contribution in [0.3, 0.4) is 0 Å². The SMILES string of the molecule is Cc1ccc(C(C)NC(c2ccccc2)C2CC2)cc1.